The van der Waals surface area contributed by atoms with Gasteiger partial charge in [0, 0.05) is 6.20 Å². The first-order valence-electron chi connectivity index (χ1n) is 9.61. The maximum absolute atomic E-state index is 12.9. The van der Waals surface area contributed by atoms with Gasteiger partial charge in [-0.2, -0.15) is 0 Å². The molecule has 1 heterocycles. The normalized spacial score (nSPS) is 10.4. The lowest BCUT2D eigenvalue weighted by Crippen LogP contribution is -2.38. The van der Waals surface area contributed by atoms with Gasteiger partial charge < -0.3 is 19.8 Å². The van der Waals surface area contributed by atoms with Gasteiger partial charge in [-0.3, -0.25) is 9.59 Å². The number of benzene rings is 2. The number of hydrogen-bond acceptors (Lipinski definition) is 6. The zero-order valence-electron chi connectivity index (χ0n) is 17.0. The molecule has 3 aromatic rings. The summed E-state index contributed by atoms with van der Waals surface area (Å²) in [5.74, 6) is -0.801. The Balaban J connectivity index is 1.95. The van der Waals surface area contributed by atoms with Crippen LogP contribution in [0, 0.1) is 0 Å². The molecule has 3 rings (SSSR count). The van der Waals surface area contributed by atoms with Crippen molar-refractivity contribution in [1.82, 2.24) is 9.55 Å². The number of nitrogens with one attached hydrogen (secondary N) is 2. The van der Waals surface area contributed by atoms with Crippen LogP contribution < -0.4 is 21.3 Å². The zero-order chi connectivity index (χ0) is 22.4. The molecule has 9 heteroatoms. The van der Waals surface area contributed by atoms with Crippen LogP contribution in [0.1, 0.15) is 34.6 Å². The Hall–Kier alpha value is -4.14. The standard InChI is InChI=1S/C22H21N3O6/c1-3-30-15-11-9-14(10-12-15)25-20(27)17(13-23-22(25)29)19(26)24-18-8-6-5-7-16(18)21(28)31-4-2/h5-13H,3-4H2,1-2H3,(H,23,29)(H,24,26). The number of carbonyl (C=O) groups excluding carboxylic acids is 2. The first-order valence-corrected chi connectivity index (χ1v) is 9.61. The van der Waals surface area contributed by atoms with Gasteiger partial charge in [0.05, 0.1) is 30.2 Å². The average Bonchev–Trinajstić information content (AvgIpc) is 2.75. The minimum Gasteiger partial charge on any atom is -0.494 e. The summed E-state index contributed by atoms with van der Waals surface area (Å²) in [5, 5.41) is 2.54. The quantitative estimate of drug-likeness (QED) is 0.563. The molecule has 1 aromatic heterocycles. The van der Waals surface area contributed by atoms with Crippen LogP contribution in [0.15, 0.2) is 64.3 Å². The third-order valence-corrected chi connectivity index (χ3v) is 4.30. The minimum absolute atomic E-state index is 0.147. The van der Waals surface area contributed by atoms with Crippen LogP contribution in [0.3, 0.4) is 0 Å². The SMILES string of the molecule is CCOC(=O)c1ccccc1NC(=O)c1c[nH]c(=O)n(-c2ccc(OCC)cc2)c1=O. The van der Waals surface area contributed by atoms with Crippen LogP contribution in [0.5, 0.6) is 5.75 Å². The molecule has 0 atom stereocenters. The van der Waals surface area contributed by atoms with E-state index < -0.39 is 23.1 Å². The predicted octanol–water partition coefficient (Wildman–Crippen LogP) is 2.35. The summed E-state index contributed by atoms with van der Waals surface area (Å²) in [4.78, 5) is 52.5. The Bertz CT molecular complexity index is 1210. The van der Waals surface area contributed by atoms with E-state index in [0.29, 0.717) is 12.4 Å². The van der Waals surface area contributed by atoms with Crippen molar-refractivity contribution < 1.29 is 19.1 Å². The van der Waals surface area contributed by atoms with Gasteiger partial charge in [-0.05, 0) is 50.2 Å². The number of anilines is 1. The van der Waals surface area contributed by atoms with Crippen molar-refractivity contribution in [3.63, 3.8) is 0 Å². The molecule has 0 unspecified atom stereocenters. The number of rotatable bonds is 7. The Labute approximate surface area is 177 Å². The first-order chi connectivity index (χ1) is 15.0. The number of ether oxygens (including phenoxy) is 2. The second-order valence-electron chi connectivity index (χ2n) is 6.30. The van der Waals surface area contributed by atoms with Crippen LogP contribution in [0.2, 0.25) is 0 Å². The van der Waals surface area contributed by atoms with Gasteiger partial charge >= 0.3 is 11.7 Å². The van der Waals surface area contributed by atoms with E-state index in [4.69, 9.17) is 9.47 Å². The molecule has 31 heavy (non-hydrogen) atoms. The summed E-state index contributed by atoms with van der Waals surface area (Å²) in [6.07, 6.45) is 1.04. The molecule has 9 nitrogen and oxygen atoms in total. The predicted molar refractivity (Wildman–Crippen MR) is 114 cm³/mol. The average molecular weight is 423 g/mol. The highest BCUT2D eigenvalue weighted by Gasteiger charge is 2.19. The number of H-pyrrole nitrogens is 1. The number of aromatic amines is 1. The number of carbonyl (C=O) groups is 2. The van der Waals surface area contributed by atoms with Crippen molar-refractivity contribution in [2.45, 2.75) is 13.8 Å². The van der Waals surface area contributed by atoms with Gasteiger partial charge in [-0.15, -0.1) is 0 Å². The Morgan fingerprint density at radius 2 is 1.68 bits per heavy atom. The summed E-state index contributed by atoms with van der Waals surface area (Å²) in [6.45, 7) is 4.16. The second-order valence-corrected chi connectivity index (χ2v) is 6.30. The van der Waals surface area contributed by atoms with Crippen LogP contribution in [0.25, 0.3) is 5.69 Å². The van der Waals surface area contributed by atoms with Gasteiger partial charge in [0.15, 0.2) is 0 Å². The molecule has 0 spiro atoms. The van der Waals surface area contributed by atoms with E-state index >= 15 is 0 Å². The summed E-state index contributed by atoms with van der Waals surface area (Å²) in [7, 11) is 0. The third-order valence-electron chi connectivity index (χ3n) is 4.30. The number of esters is 1. The molecule has 1 amide bonds. The fraction of sp³-hybridized carbons (Fsp3) is 0.182. The lowest BCUT2D eigenvalue weighted by molar-refractivity contribution is 0.0527. The maximum Gasteiger partial charge on any atom is 0.340 e. The molecule has 0 radical (unpaired) electrons. The van der Waals surface area contributed by atoms with E-state index in [2.05, 4.69) is 10.3 Å². The lowest BCUT2D eigenvalue weighted by atomic mass is 10.1. The summed E-state index contributed by atoms with van der Waals surface area (Å²) in [6, 6.07) is 12.6. The largest absolute Gasteiger partial charge is 0.494 e. The van der Waals surface area contributed by atoms with Crippen molar-refractivity contribution in [1.29, 1.82) is 0 Å². The maximum atomic E-state index is 12.9. The summed E-state index contributed by atoms with van der Waals surface area (Å²) >= 11 is 0. The number of aromatic nitrogens is 2. The number of hydrogen-bond donors (Lipinski definition) is 2. The fourth-order valence-corrected chi connectivity index (χ4v) is 2.90. The van der Waals surface area contributed by atoms with Gasteiger partial charge in [0.1, 0.15) is 11.3 Å². The van der Waals surface area contributed by atoms with Crippen molar-refractivity contribution in [2.24, 2.45) is 0 Å². The van der Waals surface area contributed by atoms with Gasteiger partial charge in [-0.1, -0.05) is 12.1 Å². The molecule has 0 aliphatic rings. The molecule has 2 N–H and O–H groups in total. The third kappa shape index (κ3) is 4.72. The molecule has 0 aliphatic carbocycles. The molecular weight excluding hydrogens is 402 g/mol. The van der Waals surface area contributed by atoms with E-state index in [0.717, 1.165) is 10.8 Å². The number of nitrogens with zero attached hydrogens (tertiary/aromatic N) is 1. The molecule has 160 valence electrons. The van der Waals surface area contributed by atoms with E-state index in [1.54, 1.807) is 43.3 Å². The van der Waals surface area contributed by atoms with Crippen molar-refractivity contribution in [3.8, 4) is 11.4 Å². The Morgan fingerprint density at radius 3 is 2.35 bits per heavy atom. The molecular formula is C22H21N3O6. The van der Waals surface area contributed by atoms with Crippen LogP contribution >= 0.6 is 0 Å². The van der Waals surface area contributed by atoms with Gasteiger partial charge in [0.2, 0.25) is 0 Å². The number of para-hydroxylation sites is 1. The highest BCUT2D eigenvalue weighted by Crippen LogP contribution is 2.17. The second kappa shape index (κ2) is 9.57. The molecule has 0 saturated heterocycles. The highest BCUT2D eigenvalue weighted by molar-refractivity contribution is 6.07. The van der Waals surface area contributed by atoms with Crippen molar-refractivity contribution >= 4 is 17.6 Å². The van der Waals surface area contributed by atoms with Crippen LogP contribution in [0.4, 0.5) is 5.69 Å². The van der Waals surface area contributed by atoms with Crippen molar-refractivity contribution in [2.75, 3.05) is 18.5 Å². The summed E-state index contributed by atoms with van der Waals surface area (Å²) in [5.41, 5.74) is -1.20. The van der Waals surface area contributed by atoms with E-state index in [9.17, 15) is 19.2 Å². The molecule has 0 saturated carbocycles. The van der Waals surface area contributed by atoms with E-state index in [1.165, 1.54) is 12.1 Å². The minimum atomic E-state index is -0.806. The molecule has 0 fully saturated rings. The van der Waals surface area contributed by atoms with Crippen molar-refractivity contribution in [3.05, 3.63) is 86.7 Å². The lowest BCUT2D eigenvalue weighted by Gasteiger charge is -2.11. The molecule has 0 aliphatic heterocycles. The Morgan fingerprint density at radius 1 is 0.968 bits per heavy atom. The number of amides is 1. The smallest absolute Gasteiger partial charge is 0.340 e. The monoisotopic (exact) mass is 423 g/mol. The van der Waals surface area contributed by atoms with Gasteiger partial charge in [0.25, 0.3) is 11.5 Å². The van der Waals surface area contributed by atoms with E-state index in [-0.39, 0.29) is 29.1 Å². The summed E-state index contributed by atoms with van der Waals surface area (Å²) < 4.78 is 11.2. The first kappa shape index (κ1) is 21.6. The van der Waals surface area contributed by atoms with Crippen LogP contribution in [-0.2, 0) is 4.74 Å². The molecule has 2 aromatic carbocycles. The highest BCUT2D eigenvalue weighted by atomic mass is 16.5. The fourth-order valence-electron chi connectivity index (χ4n) is 2.90. The topological polar surface area (TPSA) is 119 Å². The van der Waals surface area contributed by atoms with Gasteiger partial charge in [-0.25, -0.2) is 14.2 Å². The zero-order valence-corrected chi connectivity index (χ0v) is 17.0. The molecule has 0 bridgehead atoms. The van der Waals surface area contributed by atoms with Crippen LogP contribution in [-0.4, -0.2) is 34.6 Å². The Kier molecular flexibility index (Phi) is 6.66. The van der Waals surface area contributed by atoms with E-state index in [1.807, 2.05) is 6.92 Å².